The van der Waals surface area contributed by atoms with E-state index in [4.69, 9.17) is 10.5 Å². The maximum Gasteiger partial charge on any atom is 0.241 e. The molecule has 22 heavy (non-hydrogen) atoms. The van der Waals surface area contributed by atoms with Gasteiger partial charge in [-0.15, -0.1) is 12.4 Å². The van der Waals surface area contributed by atoms with E-state index >= 15 is 0 Å². The summed E-state index contributed by atoms with van der Waals surface area (Å²) in [4.78, 5) is 13.0. The summed E-state index contributed by atoms with van der Waals surface area (Å²) in [5, 5.41) is 3.32. The van der Waals surface area contributed by atoms with Gasteiger partial charge in [-0.1, -0.05) is 20.3 Å². The van der Waals surface area contributed by atoms with E-state index in [0.29, 0.717) is 12.0 Å². The van der Waals surface area contributed by atoms with Crippen molar-refractivity contribution in [1.82, 2.24) is 5.32 Å². The van der Waals surface area contributed by atoms with Crippen molar-refractivity contribution in [3.63, 3.8) is 0 Å². The van der Waals surface area contributed by atoms with Crippen LogP contribution in [-0.2, 0) is 9.53 Å². The normalized spacial score (nSPS) is 48.0. The van der Waals surface area contributed by atoms with E-state index in [9.17, 15) is 4.79 Å². The Morgan fingerprint density at radius 3 is 2.64 bits per heavy atom. The average molecular weight is 329 g/mol. The highest BCUT2D eigenvalue weighted by Crippen LogP contribution is 2.57. The second-order valence-corrected chi connectivity index (χ2v) is 8.39. The van der Waals surface area contributed by atoms with Crippen LogP contribution in [0.15, 0.2) is 0 Å². The van der Waals surface area contributed by atoms with E-state index in [1.165, 1.54) is 19.3 Å². The Balaban J connectivity index is 0.00000144. The molecule has 6 unspecified atom stereocenters. The fourth-order valence-electron chi connectivity index (χ4n) is 5.75. The average Bonchev–Trinajstić information content (AvgIpc) is 3.08. The van der Waals surface area contributed by atoms with Crippen molar-refractivity contribution in [3.8, 4) is 0 Å². The van der Waals surface area contributed by atoms with Crippen LogP contribution in [0.25, 0.3) is 0 Å². The van der Waals surface area contributed by atoms with Gasteiger partial charge in [0, 0.05) is 24.0 Å². The third-order valence-electron chi connectivity index (χ3n) is 7.11. The van der Waals surface area contributed by atoms with Gasteiger partial charge in [0.25, 0.3) is 0 Å². The first-order valence-electron chi connectivity index (χ1n) is 8.66. The van der Waals surface area contributed by atoms with E-state index in [2.05, 4.69) is 19.2 Å². The van der Waals surface area contributed by atoms with Crippen LogP contribution in [0.2, 0.25) is 0 Å². The number of halogens is 1. The molecule has 4 rings (SSSR count). The molecule has 1 heterocycles. The lowest BCUT2D eigenvalue weighted by Gasteiger charge is -2.65. The quantitative estimate of drug-likeness (QED) is 0.817. The molecule has 126 valence electrons. The molecular weight excluding hydrogens is 300 g/mol. The Labute approximate surface area is 139 Å². The maximum atomic E-state index is 13.0. The Morgan fingerprint density at radius 1 is 1.23 bits per heavy atom. The molecular formula is C17H29ClN2O2. The molecule has 0 aromatic rings. The standard InChI is InChI=1S/C17H28N2O2.ClH/c1-16(2)14-12(4-3-7-21-14)17(16,18)15(20)19-13-9-10-5-6-11(13)8-10;/h10-14H,3-9,18H2,1-2H3,(H,19,20);1H. The number of hydrogen-bond acceptors (Lipinski definition) is 3. The summed E-state index contributed by atoms with van der Waals surface area (Å²) in [6.07, 6.45) is 7.31. The van der Waals surface area contributed by atoms with Crippen LogP contribution in [0.3, 0.4) is 0 Å². The predicted molar refractivity (Wildman–Crippen MR) is 87.8 cm³/mol. The minimum atomic E-state index is -0.750. The molecule has 1 aliphatic heterocycles. The molecule has 0 aromatic carbocycles. The summed E-state index contributed by atoms with van der Waals surface area (Å²) in [5.74, 6) is 1.81. The third kappa shape index (κ3) is 1.99. The number of nitrogens with two attached hydrogens (primary N) is 1. The van der Waals surface area contributed by atoms with Gasteiger partial charge in [-0.25, -0.2) is 0 Å². The van der Waals surface area contributed by atoms with Crippen molar-refractivity contribution in [2.75, 3.05) is 6.61 Å². The fourth-order valence-corrected chi connectivity index (χ4v) is 5.75. The van der Waals surface area contributed by atoms with Gasteiger partial charge in [-0.05, 0) is 43.9 Å². The van der Waals surface area contributed by atoms with E-state index in [0.717, 1.165) is 31.8 Å². The molecule has 5 heteroatoms. The van der Waals surface area contributed by atoms with Crippen molar-refractivity contribution in [1.29, 1.82) is 0 Å². The number of rotatable bonds is 2. The van der Waals surface area contributed by atoms with Crippen molar-refractivity contribution in [2.24, 2.45) is 28.9 Å². The Kier molecular flexibility index (Phi) is 4.02. The van der Waals surface area contributed by atoms with Crippen LogP contribution in [-0.4, -0.2) is 30.2 Å². The first-order valence-corrected chi connectivity index (χ1v) is 8.66. The van der Waals surface area contributed by atoms with Crippen LogP contribution in [0.5, 0.6) is 0 Å². The number of fused-ring (bicyclic) bond motifs is 3. The van der Waals surface area contributed by atoms with Crippen LogP contribution in [0.4, 0.5) is 0 Å². The molecule has 0 radical (unpaired) electrons. The molecule has 3 aliphatic carbocycles. The first-order chi connectivity index (χ1) is 9.94. The lowest BCUT2D eigenvalue weighted by atomic mass is 9.46. The summed E-state index contributed by atoms with van der Waals surface area (Å²) >= 11 is 0. The van der Waals surface area contributed by atoms with E-state index in [1.807, 2.05) is 0 Å². The minimum absolute atomic E-state index is 0. The molecule has 3 N–H and O–H groups in total. The zero-order chi connectivity index (χ0) is 14.8. The van der Waals surface area contributed by atoms with Gasteiger partial charge in [0.15, 0.2) is 0 Å². The Morgan fingerprint density at radius 2 is 2.00 bits per heavy atom. The van der Waals surface area contributed by atoms with E-state index in [1.54, 1.807) is 0 Å². The van der Waals surface area contributed by atoms with Crippen molar-refractivity contribution >= 4 is 18.3 Å². The lowest BCUT2D eigenvalue weighted by molar-refractivity contribution is -0.225. The molecule has 4 nitrogen and oxygen atoms in total. The Bertz CT molecular complexity index is 470. The van der Waals surface area contributed by atoms with Crippen molar-refractivity contribution in [3.05, 3.63) is 0 Å². The first kappa shape index (κ1) is 16.5. The zero-order valence-corrected chi connectivity index (χ0v) is 14.5. The van der Waals surface area contributed by atoms with Crippen LogP contribution in [0.1, 0.15) is 52.4 Å². The lowest BCUT2D eigenvalue weighted by Crippen LogP contribution is -2.82. The van der Waals surface area contributed by atoms with Gasteiger partial charge < -0.3 is 15.8 Å². The van der Waals surface area contributed by atoms with Crippen molar-refractivity contribution in [2.45, 2.75) is 70.1 Å². The monoisotopic (exact) mass is 328 g/mol. The van der Waals surface area contributed by atoms with Gasteiger partial charge in [0.2, 0.25) is 5.91 Å². The summed E-state index contributed by atoms with van der Waals surface area (Å²) in [5.41, 5.74) is 5.65. The van der Waals surface area contributed by atoms with Crippen molar-refractivity contribution < 1.29 is 9.53 Å². The summed E-state index contributed by atoms with van der Waals surface area (Å²) in [6.45, 7) is 5.01. The highest BCUT2D eigenvalue weighted by atomic mass is 35.5. The second-order valence-electron chi connectivity index (χ2n) is 8.39. The zero-order valence-electron chi connectivity index (χ0n) is 13.6. The van der Waals surface area contributed by atoms with Gasteiger partial charge in [-0.2, -0.15) is 0 Å². The molecule has 1 amide bonds. The molecule has 1 saturated heterocycles. The second kappa shape index (κ2) is 5.35. The molecule has 0 spiro atoms. The largest absolute Gasteiger partial charge is 0.377 e. The van der Waals surface area contributed by atoms with Gasteiger partial charge in [0.1, 0.15) is 5.54 Å². The van der Waals surface area contributed by atoms with E-state index in [-0.39, 0.29) is 35.8 Å². The highest BCUT2D eigenvalue weighted by molar-refractivity contribution is 5.89. The third-order valence-corrected chi connectivity index (χ3v) is 7.11. The summed E-state index contributed by atoms with van der Waals surface area (Å²) < 4.78 is 5.90. The molecule has 6 atom stereocenters. The molecule has 4 aliphatic rings. The molecule has 4 fully saturated rings. The topological polar surface area (TPSA) is 64.3 Å². The van der Waals surface area contributed by atoms with E-state index < -0.39 is 5.54 Å². The number of hydrogen-bond donors (Lipinski definition) is 2. The predicted octanol–water partition coefficient (Wildman–Crippen LogP) is 2.25. The number of carbonyl (C=O) groups excluding carboxylic acids is 1. The minimum Gasteiger partial charge on any atom is -0.377 e. The van der Waals surface area contributed by atoms with Gasteiger partial charge in [-0.3, -0.25) is 4.79 Å². The van der Waals surface area contributed by atoms with Crippen LogP contribution >= 0.6 is 12.4 Å². The molecule has 0 aromatic heterocycles. The highest BCUT2D eigenvalue weighted by Gasteiger charge is 2.70. The summed E-state index contributed by atoms with van der Waals surface area (Å²) in [7, 11) is 0. The van der Waals surface area contributed by atoms with Crippen LogP contribution in [0, 0.1) is 23.2 Å². The fraction of sp³-hybridized carbons (Fsp3) is 0.941. The SMILES string of the molecule is CC1(C)C2OCCCC2C1(N)C(=O)NC1CC2CCC1C2.Cl. The maximum absolute atomic E-state index is 13.0. The molecule has 2 bridgehead atoms. The molecule has 3 saturated carbocycles. The van der Waals surface area contributed by atoms with Gasteiger partial charge in [0.05, 0.1) is 6.10 Å². The number of nitrogens with one attached hydrogen (secondary N) is 1. The van der Waals surface area contributed by atoms with Gasteiger partial charge >= 0.3 is 0 Å². The summed E-state index contributed by atoms with van der Waals surface area (Å²) in [6, 6.07) is 0.371. The Hall–Kier alpha value is -0.320. The number of carbonyl (C=O) groups is 1. The number of ether oxygens (including phenoxy) is 1. The number of amides is 1. The van der Waals surface area contributed by atoms with Crippen LogP contribution < -0.4 is 11.1 Å². The smallest absolute Gasteiger partial charge is 0.241 e.